The van der Waals surface area contributed by atoms with Crippen LogP contribution in [0, 0.1) is 0 Å². The quantitative estimate of drug-likeness (QED) is 0.463. The number of carbonyl (C=O) groups is 1. The maximum Gasteiger partial charge on any atom is 0.302 e. The molecule has 0 aliphatic rings. The zero-order valence-corrected chi connectivity index (χ0v) is 12.6. The van der Waals surface area contributed by atoms with E-state index >= 15 is 0 Å². The Morgan fingerprint density at radius 3 is 2.50 bits per heavy atom. The summed E-state index contributed by atoms with van der Waals surface area (Å²) in [6.07, 6.45) is 4.12. The van der Waals surface area contributed by atoms with E-state index in [-0.39, 0.29) is 5.97 Å². The summed E-state index contributed by atoms with van der Waals surface area (Å²) in [4.78, 5) is 10.7. The molecule has 1 unspecified atom stereocenters. The van der Waals surface area contributed by atoms with E-state index in [2.05, 4.69) is 56.4 Å². The van der Waals surface area contributed by atoms with E-state index in [9.17, 15) is 4.79 Å². The average molecular weight is 262 g/mol. The summed E-state index contributed by atoms with van der Waals surface area (Å²) in [6.45, 7) is 8.77. The molecule has 0 fully saturated rings. The van der Waals surface area contributed by atoms with Gasteiger partial charge in [0.25, 0.3) is 0 Å². The van der Waals surface area contributed by atoms with Crippen molar-refractivity contribution in [2.24, 2.45) is 0 Å². The summed E-state index contributed by atoms with van der Waals surface area (Å²) < 4.78 is 4.90. The van der Waals surface area contributed by atoms with Gasteiger partial charge in [-0.3, -0.25) is 4.79 Å². The van der Waals surface area contributed by atoms with Crippen molar-refractivity contribution in [2.75, 3.05) is 6.61 Å². The Bertz CT molecular complexity index is 410. The van der Waals surface area contributed by atoms with Gasteiger partial charge in [-0.05, 0) is 5.54 Å². The van der Waals surface area contributed by atoms with Crippen LogP contribution < -0.4 is 5.19 Å². The first-order chi connectivity index (χ1) is 8.44. The molecule has 0 aromatic heterocycles. The third-order valence-corrected chi connectivity index (χ3v) is 7.75. The van der Waals surface area contributed by atoms with Crippen LogP contribution in [0.15, 0.2) is 42.5 Å². The summed E-state index contributed by atoms with van der Waals surface area (Å²) in [7, 11) is -1.49. The number of rotatable bonds is 5. The molecule has 2 nitrogen and oxygen atoms in total. The van der Waals surface area contributed by atoms with Crippen molar-refractivity contribution < 1.29 is 9.53 Å². The molecule has 3 heteroatoms. The predicted molar refractivity (Wildman–Crippen MR) is 78.8 cm³/mol. The van der Waals surface area contributed by atoms with E-state index in [1.165, 1.54) is 12.1 Å². The monoisotopic (exact) mass is 262 g/mol. The molecule has 0 heterocycles. The number of benzene rings is 1. The smallest absolute Gasteiger partial charge is 0.302 e. The second kappa shape index (κ2) is 6.54. The van der Waals surface area contributed by atoms with Gasteiger partial charge in [0, 0.05) is 6.92 Å². The van der Waals surface area contributed by atoms with Crippen molar-refractivity contribution >= 4 is 19.2 Å². The largest absolute Gasteiger partial charge is 0.462 e. The molecule has 0 saturated carbocycles. The van der Waals surface area contributed by atoms with Gasteiger partial charge in [0.15, 0.2) is 0 Å². The second-order valence-corrected chi connectivity index (χ2v) is 10.0. The highest BCUT2D eigenvalue weighted by Crippen LogP contribution is 2.22. The first kappa shape index (κ1) is 14.7. The van der Waals surface area contributed by atoms with E-state index in [1.807, 2.05) is 6.08 Å². The van der Waals surface area contributed by atoms with Crippen molar-refractivity contribution in [2.45, 2.75) is 32.5 Å². The first-order valence-corrected chi connectivity index (χ1v) is 9.38. The van der Waals surface area contributed by atoms with Crippen molar-refractivity contribution in [1.29, 1.82) is 0 Å². The van der Waals surface area contributed by atoms with E-state index in [1.54, 1.807) is 0 Å². The molecule has 0 aliphatic carbocycles. The minimum atomic E-state index is -1.49. The number of ether oxygens (including phenoxy) is 1. The first-order valence-electron chi connectivity index (χ1n) is 6.30. The molecule has 0 N–H and O–H groups in total. The number of carbonyl (C=O) groups excluding carboxylic acids is 1. The van der Waals surface area contributed by atoms with Crippen LogP contribution in [0.3, 0.4) is 0 Å². The van der Waals surface area contributed by atoms with E-state index in [4.69, 9.17) is 4.74 Å². The van der Waals surface area contributed by atoms with Crippen LogP contribution in [0.1, 0.15) is 13.8 Å². The fraction of sp³-hybridized carbons (Fsp3) is 0.400. The molecule has 1 rings (SSSR count). The van der Waals surface area contributed by atoms with Gasteiger partial charge < -0.3 is 4.74 Å². The third-order valence-electron chi connectivity index (χ3n) is 3.46. The van der Waals surface area contributed by atoms with Crippen LogP contribution in [0.2, 0.25) is 18.6 Å². The van der Waals surface area contributed by atoms with E-state index in [0.29, 0.717) is 12.1 Å². The van der Waals surface area contributed by atoms with Gasteiger partial charge >= 0.3 is 5.97 Å². The van der Waals surface area contributed by atoms with E-state index in [0.717, 1.165) is 0 Å². The van der Waals surface area contributed by atoms with Gasteiger partial charge in [-0.15, -0.1) is 0 Å². The standard InChI is InChI=1S/C15H22O2Si/c1-13(9-8-12-17-14(2)16)18(3,4)15-10-6-5-7-11-15/h5-11,13H,12H2,1-4H3/b9-8-. The maximum absolute atomic E-state index is 10.7. The maximum atomic E-state index is 10.7. The average Bonchev–Trinajstić information content (AvgIpc) is 2.35. The fourth-order valence-corrected chi connectivity index (χ4v) is 3.99. The molecule has 18 heavy (non-hydrogen) atoms. The summed E-state index contributed by atoms with van der Waals surface area (Å²) in [5.74, 6) is -0.230. The highest BCUT2D eigenvalue weighted by Gasteiger charge is 2.28. The molecule has 98 valence electrons. The molecule has 0 aliphatic heterocycles. The number of allylic oxidation sites excluding steroid dienone is 1. The molecular weight excluding hydrogens is 240 g/mol. The lowest BCUT2D eigenvalue weighted by Gasteiger charge is -2.28. The number of hydrogen-bond donors (Lipinski definition) is 0. The Morgan fingerprint density at radius 1 is 1.33 bits per heavy atom. The molecule has 0 bridgehead atoms. The minimum Gasteiger partial charge on any atom is -0.462 e. The lowest BCUT2D eigenvalue weighted by atomic mass is 10.4. The van der Waals surface area contributed by atoms with Crippen molar-refractivity contribution in [3.05, 3.63) is 42.5 Å². The molecule has 1 atom stereocenters. The SMILES string of the molecule is CC(=O)OC/C=C\C(C)[Si](C)(C)c1ccccc1. The summed E-state index contributed by atoms with van der Waals surface area (Å²) in [5.41, 5.74) is 0.510. The molecule has 1 aromatic rings. The molecule has 1 aromatic carbocycles. The molecule has 0 radical (unpaired) electrons. The Hall–Kier alpha value is -1.35. The molecule has 0 spiro atoms. The predicted octanol–water partition coefficient (Wildman–Crippen LogP) is 3.11. The van der Waals surface area contributed by atoms with Gasteiger partial charge in [-0.25, -0.2) is 0 Å². The fourth-order valence-electron chi connectivity index (χ4n) is 1.80. The van der Waals surface area contributed by atoms with Gasteiger partial charge in [0.1, 0.15) is 6.61 Å². The zero-order chi connectivity index (χ0) is 13.6. The summed E-state index contributed by atoms with van der Waals surface area (Å²) >= 11 is 0. The topological polar surface area (TPSA) is 26.3 Å². The molecule has 0 saturated heterocycles. The van der Waals surface area contributed by atoms with Gasteiger partial charge in [-0.2, -0.15) is 0 Å². The van der Waals surface area contributed by atoms with Crippen LogP contribution in [0.25, 0.3) is 0 Å². The Balaban J connectivity index is 2.65. The van der Waals surface area contributed by atoms with Gasteiger partial charge in [0.2, 0.25) is 0 Å². The van der Waals surface area contributed by atoms with Crippen LogP contribution in [0.4, 0.5) is 0 Å². The van der Waals surface area contributed by atoms with Crippen LogP contribution in [-0.2, 0) is 9.53 Å². The van der Waals surface area contributed by atoms with Crippen molar-refractivity contribution in [3.63, 3.8) is 0 Å². The number of hydrogen-bond acceptors (Lipinski definition) is 2. The Kier molecular flexibility index (Phi) is 5.35. The third kappa shape index (κ3) is 4.15. The Morgan fingerprint density at radius 2 is 1.94 bits per heavy atom. The minimum absolute atomic E-state index is 0.230. The van der Waals surface area contributed by atoms with Gasteiger partial charge in [0.05, 0.1) is 8.07 Å². The van der Waals surface area contributed by atoms with Gasteiger partial charge in [-0.1, -0.05) is 67.7 Å². The molecule has 0 amide bonds. The molecular formula is C15H22O2Si. The van der Waals surface area contributed by atoms with E-state index < -0.39 is 8.07 Å². The summed E-state index contributed by atoms with van der Waals surface area (Å²) in [6, 6.07) is 10.7. The lowest BCUT2D eigenvalue weighted by Crippen LogP contribution is -2.44. The highest BCUT2D eigenvalue weighted by molar-refractivity contribution is 6.91. The summed E-state index contributed by atoms with van der Waals surface area (Å²) in [5, 5.41) is 1.45. The lowest BCUT2D eigenvalue weighted by molar-refractivity contribution is -0.139. The van der Waals surface area contributed by atoms with Crippen molar-refractivity contribution in [1.82, 2.24) is 0 Å². The van der Waals surface area contributed by atoms with Crippen LogP contribution in [-0.4, -0.2) is 20.7 Å². The van der Waals surface area contributed by atoms with Crippen LogP contribution in [0.5, 0.6) is 0 Å². The highest BCUT2D eigenvalue weighted by atomic mass is 28.3. The Labute approximate surface area is 111 Å². The normalized spacial score (nSPS) is 13.6. The van der Waals surface area contributed by atoms with Crippen molar-refractivity contribution in [3.8, 4) is 0 Å². The zero-order valence-electron chi connectivity index (χ0n) is 11.6. The number of esters is 1. The van der Waals surface area contributed by atoms with Crippen LogP contribution >= 0.6 is 0 Å². The second-order valence-electron chi connectivity index (χ2n) is 5.11.